The van der Waals surface area contributed by atoms with Crippen molar-refractivity contribution in [2.45, 2.75) is 18.0 Å². The fourth-order valence-corrected chi connectivity index (χ4v) is 7.13. The van der Waals surface area contributed by atoms with Crippen molar-refractivity contribution in [3.63, 3.8) is 0 Å². The summed E-state index contributed by atoms with van der Waals surface area (Å²) in [6, 6.07) is 35.9. The third kappa shape index (κ3) is 7.65. The summed E-state index contributed by atoms with van der Waals surface area (Å²) in [5.74, 6) is -4.99. The number of hydrogen-bond donors (Lipinski definition) is 4. The van der Waals surface area contributed by atoms with Gasteiger partial charge < -0.3 is 20.4 Å². The lowest BCUT2D eigenvalue weighted by molar-refractivity contribution is -0.142. The van der Waals surface area contributed by atoms with E-state index < -0.39 is 47.5 Å². The molecule has 58 heavy (non-hydrogen) atoms. The largest absolute Gasteiger partial charge is 0.480 e. The van der Waals surface area contributed by atoms with Crippen LogP contribution in [0.5, 0.6) is 0 Å². The van der Waals surface area contributed by atoms with E-state index in [-0.39, 0.29) is 33.4 Å². The summed E-state index contributed by atoms with van der Waals surface area (Å²) in [6.07, 6.45) is -3.55. The number of hydrogen-bond acceptors (Lipinski definition) is 4. The van der Waals surface area contributed by atoms with Gasteiger partial charge in [0.05, 0.1) is 16.7 Å². The monoisotopic (exact) mass is 780 g/mol. The summed E-state index contributed by atoms with van der Waals surface area (Å²) >= 11 is 0. The summed E-state index contributed by atoms with van der Waals surface area (Å²) in [4.78, 5) is 48.1. The molecule has 0 bridgehead atoms. The van der Waals surface area contributed by atoms with Crippen LogP contribution in [0.2, 0.25) is 0 Å². The number of carbonyl (C=O) groups is 4. The van der Waals surface area contributed by atoms with Crippen LogP contribution in [0.15, 0.2) is 157 Å². The third-order valence-electron chi connectivity index (χ3n) is 10.2. The molecule has 6 aromatic carbocycles. The van der Waals surface area contributed by atoms with Crippen molar-refractivity contribution in [1.82, 2.24) is 0 Å². The van der Waals surface area contributed by atoms with Crippen LogP contribution in [0.1, 0.15) is 48.6 Å². The van der Waals surface area contributed by atoms with Crippen LogP contribution in [-0.2, 0) is 10.2 Å². The number of carboxylic acid groups (broad SMARTS) is 4. The van der Waals surface area contributed by atoms with Crippen LogP contribution in [0.4, 0.5) is 13.2 Å². The van der Waals surface area contributed by atoms with E-state index in [9.17, 15) is 39.6 Å². The molecule has 1 atom stereocenters. The maximum Gasteiger partial charge on any atom is 0.413 e. The molecule has 288 valence electrons. The Morgan fingerprint density at radius 3 is 1.19 bits per heavy atom. The highest BCUT2D eigenvalue weighted by atomic mass is 19.4. The molecular weight excluding hydrogens is 750 g/mol. The van der Waals surface area contributed by atoms with Gasteiger partial charge in [-0.3, -0.25) is 4.79 Å². The van der Waals surface area contributed by atoms with Crippen LogP contribution in [0, 0.1) is 0 Å². The van der Waals surface area contributed by atoms with Crippen LogP contribution < -0.4 is 0 Å². The van der Waals surface area contributed by atoms with Gasteiger partial charge >= 0.3 is 30.1 Å². The van der Waals surface area contributed by atoms with Gasteiger partial charge in [0.25, 0.3) is 0 Å². The summed E-state index contributed by atoms with van der Waals surface area (Å²) in [5.41, 5.74) is 0.661. The lowest BCUT2D eigenvalue weighted by Gasteiger charge is -2.34. The molecule has 0 saturated carbocycles. The third-order valence-corrected chi connectivity index (χ3v) is 10.2. The quantitative estimate of drug-likeness (QED) is 0.107. The lowest BCUT2D eigenvalue weighted by Crippen LogP contribution is -2.38. The Labute approximate surface area is 329 Å². The molecular formula is C47H31F3O8. The number of carboxylic acids is 4. The predicted molar refractivity (Wildman–Crippen MR) is 212 cm³/mol. The predicted octanol–water partition coefficient (Wildman–Crippen LogP) is 10.7. The molecule has 6 aromatic rings. The Kier molecular flexibility index (Phi) is 10.1. The number of aromatic carboxylic acids is 3. The standard InChI is InChI=1S/C47H31F3O8/c48-47(49,50)41-26-46(45(57)58,39-24-36(27-4-2-1-3-5-27)21-37(25-39)30-10-16-33(17-11-30)44(55)56)19-18-40(41)38-22-34(28-6-12-31(13-7-28)42(51)52)20-35(23-38)29-8-14-32(15-9-29)43(53)54/h1-25H,26H2,(H,51,52)(H,53,54)(H,55,56)(H,57,58). The fraction of sp³-hybridized carbons (Fsp3) is 0.0638. The number of halogens is 3. The highest BCUT2D eigenvalue weighted by Crippen LogP contribution is 2.49. The second-order valence-corrected chi connectivity index (χ2v) is 13.8. The van der Waals surface area contributed by atoms with E-state index >= 15 is 13.2 Å². The molecule has 4 N–H and O–H groups in total. The van der Waals surface area contributed by atoms with Crippen molar-refractivity contribution in [3.05, 3.63) is 185 Å². The topological polar surface area (TPSA) is 149 Å². The zero-order valence-electron chi connectivity index (χ0n) is 30.2. The Balaban J connectivity index is 1.41. The molecule has 0 radical (unpaired) electrons. The van der Waals surface area contributed by atoms with Crippen LogP contribution in [0.25, 0.3) is 50.1 Å². The SMILES string of the molecule is O=C(O)c1ccc(-c2cc(C3=C(C(F)(F)F)CC(C(=O)O)(c4cc(-c5ccccc5)cc(-c5ccc(C(=O)O)cc5)c4)C=C3)cc(-c3ccc(C(=O)O)cc3)c2)cc1. The molecule has 1 unspecified atom stereocenters. The van der Waals surface area contributed by atoms with E-state index in [1.54, 1.807) is 60.7 Å². The molecule has 7 rings (SSSR count). The van der Waals surface area contributed by atoms with Gasteiger partial charge in [0.15, 0.2) is 0 Å². The van der Waals surface area contributed by atoms with Crippen molar-refractivity contribution in [3.8, 4) is 44.5 Å². The van der Waals surface area contributed by atoms with E-state index in [0.717, 1.165) is 0 Å². The second kappa shape index (κ2) is 15.2. The summed E-state index contributed by atoms with van der Waals surface area (Å²) in [7, 11) is 0. The molecule has 0 heterocycles. The molecule has 0 fully saturated rings. The van der Waals surface area contributed by atoms with Gasteiger partial charge in [0, 0.05) is 12.0 Å². The first-order valence-corrected chi connectivity index (χ1v) is 17.7. The maximum atomic E-state index is 15.4. The van der Waals surface area contributed by atoms with Crippen LogP contribution in [0.3, 0.4) is 0 Å². The first-order chi connectivity index (χ1) is 27.6. The normalized spacial score (nSPS) is 15.2. The average molecular weight is 781 g/mol. The smallest absolute Gasteiger partial charge is 0.413 e. The minimum absolute atomic E-state index is 0.00319. The van der Waals surface area contributed by atoms with Gasteiger partial charge in [0.1, 0.15) is 5.41 Å². The zero-order chi connectivity index (χ0) is 41.4. The second-order valence-electron chi connectivity index (χ2n) is 13.8. The molecule has 0 saturated heterocycles. The number of alkyl halides is 3. The number of benzene rings is 6. The van der Waals surface area contributed by atoms with Gasteiger partial charge in [-0.1, -0.05) is 78.9 Å². The molecule has 0 spiro atoms. The summed E-state index contributed by atoms with van der Waals surface area (Å²) in [5, 5.41) is 39.2. The zero-order valence-corrected chi connectivity index (χ0v) is 30.2. The highest BCUT2D eigenvalue weighted by molar-refractivity contribution is 5.94. The first-order valence-electron chi connectivity index (χ1n) is 17.7. The van der Waals surface area contributed by atoms with E-state index in [1.807, 2.05) is 0 Å². The molecule has 11 heteroatoms. The first kappa shape index (κ1) is 38.7. The molecule has 0 aliphatic heterocycles. The van der Waals surface area contributed by atoms with E-state index in [2.05, 4.69) is 0 Å². The maximum absolute atomic E-state index is 15.4. The van der Waals surface area contributed by atoms with Crippen LogP contribution >= 0.6 is 0 Å². The number of allylic oxidation sites excluding steroid dienone is 3. The van der Waals surface area contributed by atoms with Gasteiger partial charge in [-0.25, -0.2) is 14.4 Å². The van der Waals surface area contributed by atoms with Crippen molar-refractivity contribution in [1.29, 1.82) is 0 Å². The molecule has 1 aliphatic carbocycles. The summed E-state index contributed by atoms with van der Waals surface area (Å²) < 4.78 is 46.3. The van der Waals surface area contributed by atoms with Gasteiger partial charge in [-0.05, 0) is 134 Å². The minimum Gasteiger partial charge on any atom is -0.480 e. The Hall–Kier alpha value is -7.53. The van der Waals surface area contributed by atoms with Gasteiger partial charge in [-0.15, -0.1) is 0 Å². The Morgan fingerprint density at radius 2 is 0.828 bits per heavy atom. The number of rotatable bonds is 10. The number of aliphatic carboxylic acids is 1. The van der Waals surface area contributed by atoms with Crippen LogP contribution in [-0.4, -0.2) is 50.5 Å². The van der Waals surface area contributed by atoms with Crippen molar-refractivity contribution >= 4 is 29.5 Å². The Morgan fingerprint density at radius 1 is 0.466 bits per heavy atom. The molecule has 0 aromatic heterocycles. The molecule has 8 nitrogen and oxygen atoms in total. The van der Waals surface area contributed by atoms with E-state index in [1.165, 1.54) is 91.0 Å². The lowest BCUT2D eigenvalue weighted by atomic mass is 9.69. The molecule has 1 aliphatic rings. The fourth-order valence-electron chi connectivity index (χ4n) is 7.13. The van der Waals surface area contributed by atoms with E-state index in [4.69, 9.17) is 0 Å². The van der Waals surface area contributed by atoms with Crippen molar-refractivity contribution in [2.75, 3.05) is 0 Å². The summed E-state index contributed by atoms with van der Waals surface area (Å²) in [6.45, 7) is 0. The van der Waals surface area contributed by atoms with Crippen molar-refractivity contribution < 1.29 is 52.8 Å². The highest BCUT2D eigenvalue weighted by Gasteiger charge is 2.48. The van der Waals surface area contributed by atoms with E-state index in [0.29, 0.717) is 44.5 Å². The average Bonchev–Trinajstić information content (AvgIpc) is 3.23. The molecule has 0 amide bonds. The Bertz CT molecular complexity index is 2590. The minimum atomic E-state index is -5.00. The van der Waals surface area contributed by atoms with Gasteiger partial charge in [-0.2, -0.15) is 13.2 Å². The van der Waals surface area contributed by atoms with Crippen molar-refractivity contribution in [2.24, 2.45) is 0 Å². The van der Waals surface area contributed by atoms with Gasteiger partial charge in [0.2, 0.25) is 0 Å².